The van der Waals surface area contributed by atoms with Crippen LogP contribution in [0.1, 0.15) is 16.8 Å². The molecule has 0 fully saturated rings. The van der Waals surface area contributed by atoms with Crippen LogP contribution < -0.4 is 0 Å². The van der Waals surface area contributed by atoms with Crippen LogP contribution in [0, 0.1) is 0 Å². The number of H-pyrrole nitrogens is 1. The predicted molar refractivity (Wildman–Crippen MR) is 51.4 cm³/mol. The van der Waals surface area contributed by atoms with E-state index in [-0.39, 0.29) is 5.25 Å². The monoisotopic (exact) mass is 192 g/mol. The molecule has 2 rings (SSSR count). The number of nitrogens with zero attached hydrogens (tertiary/aromatic N) is 3. The second-order valence-electron chi connectivity index (χ2n) is 2.52. The van der Waals surface area contributed by atoms with Gasteiger partial charge in [-0.3, -0.25) is 0 Å². The zero-order chi connectivity index (χ0) is 9.10. The van der Waals surface area contributed by atoms with Gasteiger partial charge in [0.25, 0.3) is 0 Å². The molecule has 0 amide bonds. The van der Waals surface area contributed by atoms with E-state index in [9.17, 15) is 0 Å². The Bertz CT molecular complexity index is 359. The van der Waals surface area contributed by atoms with Gasteiger partial charge in [-0.2, -0.15) is 12.6 Å². The molecule has 2 aromatic rings. The van der Waals surface area contributed by atoms with Crippen molar-refractivity contribution in [3.63, 3.8) is 0 Å². The first-order valence-corrected chi connectivity index (χ1v) is 4.33. The van der Waals surface area contributed by atoms with Crippen LogP contribution in [0.3, 0.4) is 0 Å². The maximum absolute atomic E-state index is 4.38. The molecule has 1 N–H and O–H groups in total. The summed E-state index contributed by atoms with van der Waals surface area (Å²) < 4.78 is 0. The summed E-state index contributed by atoms with van der Waals surface area (Å²) in [7, 11) is 0. The van der Waals surface area contributed by atoms with Gasteiger partial charge in [-0.15, -0.1) is 0 Å². The van der Waals surface area contributed by atoms with Crippen LogP contribution in [-0.2, 0) is 0 Å². The Morgan fingerprint density at radius 3 is 2.69 bits per heavy atom. The van der Waals surface area contributed by atoms with E-state index in [0.717, 1.165) is 5.69 Å². The van der Waals surface area contributed by atoms with Gasteiger partial charge in [0.1, 0.15) is 11.1 Å². The fraction of sp³-hybridized carbons (Fsp3) is 0.125. The highest BCUT2D eigenvalue weighted by Crippen LogP contribution is 2.21. The van der Waals surface area contributed by atoms with Crippen molar-refractivity contribution >= 4 is 12.6 Å². The van der Waals surface area contributed by atoms with Crippen LogP contribution in [0.4, 0.5) is 0 Å². The molecule has 66 valence electrons. The Morgan fingerprint density at radius 2 is 2.08 bits per heavy atom. The van der Waals surface area contributed by atoms with Crippen LogP contribution in [0.2, 0.25) is 0 Å². The third kappa shape index (κ3) is 1.70. The fourth-order valence-corrected chi connectivity index (χ4v) is 1.28. The zero-order valence-corrected chi connectivity index (χ0v) is 7.65. The van der Waals surface area contributed by atoms with E-state index < -0.39 is 0 Å². The van der Waals surface area contributed by atoms with E-state index in [1.807, 2.05) is 0 Å². The molecule has 0 saturated heterocycles. The minimum absolute atomic E-state index is 0.135. The lowest BCUT2D eigenvalue weighted by Crippen LogP contribution is -1.99. The molecule has 1 unspecified atom stereocenters. The van der Waals surface area contributed by atoms with Crippen molar-refractivity contribution in [1.82, 2.24) is 19.9 Å². The topological polar surface area (TPSA) is 54.5 Å². The van der Waals surface area contributed by atoms with E-state index in [0.29, 0.717) is 5.82 Å². The Balaban J connectivity index is 2.29. The molecule has 4 nitrogen and oxygen atoms in total. The van der Waals surface area contributed by atoms with Gasteiger partial charge in [-0.05, 0) is 6.07 Å². The summed E-state index contributed by atoms with van der Waals surface area (Å²) in [5.74, 6) is 0.676. The minimum atomic E-state index is -0.135. The molecule has 0 bridgehead atoms. The molecule has 0 saturated carbocycles. The van der Waals surface area contributed by atoms with Gasteiger partial charge in [0.05, 0.1) is 12.0 Å². The molecule has 5 heteroatoms. The summed E-state index contributed by atoms with van der Waals surface area (Å²) in [4.78, 5) is 15.1. The molecule has 0 aromatic carbocycles. The molecule has 0 aliphatic rings. The zero-order valence-electron chi connectivity index (χ0n) is 6.75. The highest BCUT2D eigenvalue weighted by molar-refractivity contribution is 7.80. The number of thiol groups is 1. The molecule has 0 aliphatic heterocycles. The van der Waals surface area contributed by atoms with Crippen LogP contribution >= 0.6 is 12.6 Å². The van der Waals surface area contributed by atoms with Gasteiger partial charge in [-0.25, -0.2) is 15.0 Å². The van der Waals surface area contributed by atoms with Crippen molar-refractivity contribution in [3.8, 4) is 0 Å². The summed E-state index contributed by atoms with van der Waals surface area (Å²) in [6.07, 6.45) is 6.72. The average molecular weight is 192 g/mol. The molecular weight excluding hydrogens is 184 g/mol. The van der Waals surface area contributed by atoms with E-state index in [1.165, 1.54) is 0 Å². The number of rotatable bonds is 2. The van der Waals surface area contributed by atoms with Crippen LogP contribution in [0.5, 0.6) is 0 Å². The van der Waals surface area contributed by atoms with Gasteiger partial charge in [0, 0.05) is 18.6 Å². The van der Waals surface area contributed by atoms with Crippen molar-refractivity contribution in [2.75, 3.05) is 0 Å². The molecular formula is C8H8N4S. The van der Waals surface area contributed by atoms with E-state index >= 15 is 0 Å². The number of aromatic amines is 1. The molecule has 0 radical (unpaired) electrons. The molecule has 2 heterocycles. The Hall–Kier alpha value is -1.36. The Labute approximate surface area is 80.9 Å². The van der Waals surface area contributed by atoms with Gasteiger partial charge in [0.2, 0.25) is 0 Å². The van der Waals surface area contributed by atoms with E-state index in [2.05, 4.69) is 32.6 Å². The van der Waals surface area contributed by atoms with Crippen molar-refractivity contribution in [2.45, 2.75) is 5.25 Å². The average Bonchev–Trinajstić information content (AvgIpc) is 2.71. The van der Waals surface area contributed by atoms with Gasteiger partial charge < -0.3 is 4.98 Å². The maximum atomic E-state index is 4.38. The van der Waals surface area contributed by atoms with E-state index in [4.69, 9.17) is 0 Å². The second kappa shape index (κ2) is 3.57. The largest absolute Gasteiger partial charge is 0.347 e. The van der Waals surface area contributed by atoms with Crippen molar-refractivity contribution < 1.29 is 0 Å². The molecule has 2 aromatic heterocycles. The molecule has 13 heavy (non-hydrogen) atoms. The first-order chi connectivity index (χ1) is 6.38. The lowest BCUT2D eigenvalue weighted by molar-refractivity contribution is 0.931. The summed E-state index contributed by atoms with van der Waals surface area (Å²) in [5.41, 5.74) is 0.898. The molecule has 0 spiro atoms. The first-order valence-electron chi connectivity index (χ1n) is 3.81. The lowest BCUT2D eigenvalue weighted by atomic mass is 10.3. The van der Waals surface area contributed by atoms with Crippen molar-refractivity contribution in [3.05, 3.63) is 42.5 Å². The minimum Gasteiger partial charge on any atom is -0.347 e. The standard InChI is InChI=1S/C8H8N4S/c13-7(6-4-9-5-12-6)8-10-2-1-3-11-8/h1-5,7,13H,(H,9,12). The quantitative estimate of drug-likeness (QED) is 0.703. The lowest BCUT2D eigenvalue weighted by Gasteiger charge is -2.04. The number of aromatic nitrogens is 4. The maximum Gasteiger partial charge on any atom is 0.146 e. The van der Waals surface area contributed by atoms with Gasteiger partial charge in [-0.1, -0.05) is 0 Å². The highest BCUT2D eigenvalue weighted by Gasteiger charge is 2.12. The van der Waals surface area contributed by atoms with E-state index in [1.54, 1.807) is 31.0 Å². The number of nitrogens with one attached hydrogen (secondary N) is 1. The third-order valence-electron chi connectivity index (χ3n) is 1.64. The smallest absolute Gasteiger partial charge is 0.146 e. The van der Waals surface area contributed by atoms with Gasteiger partial charge in [0.15, 0.2) is 0 Å². The van der Waals surface area contributed by atoms with Crippen LogP contribution in [-0.4, -0.2) is 19.9 Å². The van der Waals surface area contributed by atoms with Gasteiger partial charge >= 0.3 is 0 Å². The summed E-state index contributed by atoms with van der Waals surface area (Å²) >= 11 is 4.38. The summed E-state index contributed by atoms with van der Waals surface area (Å²) in [5, 5.41) is -0.135. The number of hydrogen-bond acceptors (Lipinski definition) is 4. The highest BCUT2D eigenvalue weighted by atomic mass is 32.1. The summed E-state index contributed by atoms with van der Waals surface area (Å²) in [6.45, 7) is 0. The van der Waals surface area contributed by atoms with Crippen LogP contribution in [0.15, 0.2) is 31.0 Å². The van der Waals surface area contributed by atoms with Crippen LogP contribution in [0.25, 0.3) is 0 Å². The first kappa shape index (κ1) is 8.25. The fourth-order valence-electron chi connectivity index (χ4n) is 1.01. The number of hydrogen-bond donors (Lipinski definition) is 2. The van der Waals surface area contributed by atoms with Crippen molar-refractivity contribution in [2.24, 2.45) is 0 Å². The normalized spacial score (nSPS) is 12.7. The molecule has 0 aliphatic carbocycles. The molecule has 1 atom stereocenters. The second-order valence-corrected chi connectivity index (χ2v) is 3.03. The Kier molecular flexibility index (Phi) is 2.27. The SMILES string of the molecule is SC(c1ncccn1)c1cnc[nH]1. The summed E-state index contributed by atoms with van der Waals surface area (Å²) in [6, 6.07) is 1.77. The number of imidazole rings is 1. The predicted octanol–water partition coefficient (Wildman–Crippen LogP) is 1.22. The third-order valence-corrected chi connectivity index (χ3v) is 2.15. The Morgan fingerprint density at radius 1 is 1.31 bits per heavy atom. The van der Waals surface area contributed by atoms with Crippen molar-refractivity contribution in [1.29, 1.82) is 0 Å².